The van der Waals surface area contributed by atoms with Gasteiger partial charge in [-0.25, -0.2) is 4.79 Å². The zero-order valence-corrected chi connectivity index (χ0v) is 11.2. The van der Waals surface area contributed by atoms with Gasteiger partial charge in [0.1, 0.15) is 0 Å². The molecule has 1 aliphatic carbocycles. The maximum atomic E-state index is 11.6. The van der Waals surface area contributed by atoms with E-state index in [0.29, 0.717) is 18.4 Å². The van der Waals surface area contributed by atoms with E-state index in [4.69, 9.17) is 5.11 Å². The monoisotopic (exact) mass is 256 g/mol. The van der Waals surface area contributed by atoms with Crippen molar-refractivity contribution in [3.8, 4) is 0 Å². The summed E-state index contributed by atoms with van der Waals surface area (Å²) in [5.74, 6) is 0.135. The van der Waals surface area contributed by atoms with E-state index >= 15 is 0 Å². The molecule has 0 aromatic heterocycles. The lowest BCUT2D eigenvalue weighted by Crippen LogP contribution is -2.44. The molecule has 0 spiro atoms. The second-order valence-electron chi connectivity index (χ2n) is 5.48. The zero-order chi connectivity index (χ0) is 13.5. The van der Waals surface area contributed by atoms with E-state index in [2.05, 4.69) is 24.5 Å². The quantitative estimate of drug-likeness (QED) is 0.581. The molecular weight excluding hydrogens is 232 g/mol. The van der Waals surface area contributed by atoms with E-state index in [1.54, 1.807) is 0 Å². The van der Waals surface area contributed by atoms with Gasteiger partial charge in [-0.2, -0.15) is 0 Å². The van der Waals surface area contributed by atoms with Gasteiger partial charge in [0, 0.05) is 12.6 Å². The average molecular weight is 256 g/mol. The Labute approximate surface area is 108 Å². The van der Waals surface area contributed by atoms with Gasteiger partial charge in [0.15, 0.2) is 0 Å². The van der Waals surface area contributed by atoms with Crippen LogP contribution in [0.15, 0.2) is 0 Å². The van der Waals surface area contributed by atoms with Gasteiger partial charge >= 0.3 is 12.0 Å². The summed E-state index contributed by atoms with van der Waals surface area (Å²) < 4.78 is 0. The van der Waals surface area contributed by atoms with Gasteiger partial charge in [-0.15, -0.1) is 0 Å². The number of carbonyl (C=O) groups excluding carboxylic acids is 1. The van der Waals surface area contributed by atoms with Crippen molar-refractivity contribution in [2.45, 2.75) is 52.0 Å². The molecule has 0 aromatic rings. The number of hydrogen-bond donors (Lipinski definition) is 3. The van der Waals surface area contributed by atoms with Crippen LogP contribution in [0.5, 0.6) is 0 Å². The maximum Gasteiger partial charge on any atom is 0.315 e. The Morgan fingerprint density at radius 2 is 2.00 bits per heavy atom. The lowest BCUT2D eigenvalue weighted by atomic mass is 10.1. The third kappa shape index (κ3) is 6.47. The highest BCUT2D eigenvalue weighted by atomic mass is 16.4. The normalized spacial score (nSPS) is 16.4. The number of carboxylic acid groups (broad SMARTS) is 1. The molecule has 18 heavy (non-hydrogen) atoms. The highest BCUT2D eigenvalue weighted by Crippen LogP contribution is 2.33. The molecule has 0 bridgehead atoms. The minimum atomic E-state index is -0.855. The Morgan fingerprint density at radius 3 is 2.50 bits per heavy atom. The van der Waals surface area contributed by atoms with E-state index in [1.165, 1.54) is 0 Å². The molecule has 1 fully saturated rings. The van der Waals surface area contributed by atoms with Crippen molar-refractivity contribution in [1.82, 2.24) is 10.6 Å². The predicted molar refractivity (Wildman–Crippen MR) is 69.4 cm³/mol. The van der Waals surface area contributed by atoms with Crippen LogP contribution < -0.4 is 10.6 Å². The first-order chi connectivity index (χ1) is 8.49. The van der Waals surface area contributed by atoms with Crippen LogP contribution in [0.4, 0.5) is 4.79 Å². The average Bonchev–Trinajstić information content (AvgIpc) is 3.06. The van der Waals surface area contributed by atoms with Crippen molar-refractivity contribution in [1.29, 1.82) is 0 Å². The zero-order valence-electron chi connectivity index (χ0n) is 11.2. The van der Waals surface area contributed by atoms with Crippen LogP contribution in [0.3, 0.4) is 0 Å². The van der Waals surface area contributed by atoms with Gasteiger partial charge < -0.3 is 15.7 Å². The molecular formula is C13H24N2O3. The van der Waals surface area contributed by atoms with Crippen LogP contribution in [-0.4, -0.2) is 29.7 Å². The Balaban J connectivity index is 2.18. The molecule has 104 valence electrons. The lowest BCUT2D eigenvalue weighted by Gasteiger charge is -2.16. The standard InChI is InChI=1S/C13H24N2O3/c1-9(2)4-3-7-14-13(18)15-11(8-12(16)17)10-5-6-10/h9-11H,3-8H2,1-2H3,(H,16,17)(H2,14,15,18). The Bertz CT molecular complexity index is 288. The molecule has 2 amide bonds. The predicted octanol–water partition coefficient (Wildman–Crippen LogP) is 1.98. The van der Waals surface area contributed by atoms with Gasteiger partial charge in [-0.1, -0.05) is 13.8 Å². The van der Waals surface area contributed by atoms with Crippen molar-refractivity contribution < 1.29 is 14.7 Å². The smallest absolute Gasteiger partial charge is 0.315 e. The lowest BCUT2D eigenvalue weighted by molar-refractivity contribution is -0.137. The summed E-state index contributed by atoms with van der Waals surface area (Å²) in [6, 6.07) is -0.454. The molecule has 1 unspecified atom stereocenters. The van der Waals surface area contributed by atoms with E-state index in [1.807, 2.05) is 0 Å². The Kier molecular flexibility index (Phi) is 5.95. The summed E-state index contributed by atoms with van der Waals surface area (Å²) >= 11 is 0. The number of carbonyl (C=O) groups is 2. The van der Waals surface area contributed by atoms with Crippen molar-refractivity contribution >= 4 is 12.0 Å². The summed E-state index contributed by atoms with van der Waals surface area (Å²) in [5, 5.41) is 14.3. The Morgan fingerprint density at radius 1 is 1.33 bits per heavy atom. The van der Waals surface area contributed by atoms with Crippen LogP contribution in [0.25, 0.3) is 0 Å². The minimum absolute atomic E-state index is 0.0179. The molecule has 1 saturated carbocycles. The van der Waals surface area contributed by atoms with Crippen molar-refractivity contribution in [2.24, 2.45) is 11.8 Å². The number of nitrogens with one attached hydrogen (secondary N) is 2. The highest BCUT2D eigenvalue weighted by molar-refractivity contribution is 5.75. The number of aliphatic carboxylic acids is 1. The maximum absolute atomic E-state index is 11.6. The summed E-state index contributed by atoms with van der Waals surface area (Å²) in [7, 11) is 0. The molecule has 5 nitrogen and oxygen atoms in total. The molecule has 0 heterocycles. The SMILES string of the molecule is CC(C)CCCNC(=O)NC(CC(=O)O)C1CC1. The van der Waals surface area contributed by atoms with Gasteiger partial charge in [-0.3, -0.25) is 4.79 Å². The van der Waals surface area contributed by atoms with Crippen LogP contribution in [-0.2, 0) is 4.79 Å². The highest BCUT2D eigenvalue weighted by Gasteiger charge is 2.33. The van der Waals surface area contributed by atoms with E-state index in [-0.39, 0.29) is 18.5 Å². The van der Waals surface area contributed by atoms with E-state index in [0.717, 1.165) is 25.7 Å². The number of carboxylic acids is 1. The van der Waals surface area contributed by atoms with Crippen LogP contribution >= 0.6 is 0 Å². The fourth-order valence-electron chi connectivity index (χ4n) is 1.95. The molecule has 5 heteroatoms. The summed E-state index contributed by atoms with van der Waals surface area (Å²) in [5.41, 5.74) is 0. The number of urea groups is 1. The van der Waals surface area contributed by atoms with Crippen molar-refractivity contribution in [3.63, 3.8) is 0 Å². The summed E-state index contributed by atoms with van der Waals surface area (Å²) in [4.78, 5) is 22.3. The van der Waals surface area contributed by atoms with Gasteiger partial charge in [0.25, 0.3) is 0 Å². The molecule has 0 aromatic carbocycles. The fourth-order valence-corrected chi connectivity index (χ4v) is 1.95. The number of rotatable bonds is 8. The molecule has 1 aliphatic rings. The fraction of sp³-hybridized carbons (Fsp3) is 0.846. The third-order valence-corrected chi connectivity index (χ3v) is 3.15. The van der Waals surface area contributed by atoms with Crippen molar-refractivity contribution in [3.05, 3.63) is 0 Å². The van der Waals surface area contributed by atoms with Gasteiger partial charge in [-0.05, 0) is 37.5 Å². The van der Waals surface area contributed by atoms with Crippen LogP contribution in [0.2, 0.25) is 0 Å². The number of amides is 2. The van der Waals surface area contributed by atoms with Gasteiger partial charge in [0.2, 0.25) is 0 Å². The molecule has 1 rings (SSSR count). The first-order valence-corrected chi connectivity index (χ1v) is 6.75. The van der Waals surface area contributed by atoms with E-state index < -0.39 is 5.97 Å². The molecule has 0 radical (unpaired) electrons. The second kappa shape index (κ2) is 7.24. The van der Waals surface area contributed by atoms with Crippen LogP contribution in [0.1, 0.15) is 46.0 Å². The van der Waals surface area contributed by atoms with Gasteiger partial charge in [0.05, 0.1) is 6.42 Å². The molecule has 0 saturated heterocycles. The second-order valence-corrected chi connectivity index (χ2v) is 5.48. The minimum Gasteiger partial charge on any atom is -0.481 e. The van der Waals surface area contributed by atoms with E-state index in [9.17, 15) is 9.59 Å². The topological polar surface area (TPSA) is 78.4 Å². The summed E-state index contributed by atoms with van der Waals surface area (Å²) in [6.07, 6.45) is 4.10. The van der Waals surface area contributed by atoms with Crippen molar-refractivity contribution in [2.75, 3.05) is 6.54 Å². The third-order valence-electron chi connectivity index (χ3n) is 3.15. The number of hydrogen-bond acceptors (Lipinski definition) is 2. The first kappa shape index (κ1) is 14.8. The molecule has 1 atom stereocenters. The largest absolute Gasteiger partial charge is 0.481 e. The Hall–Kier alpha value is -1.26. The van der Waals surface area contributed by atoms with Crippen LogP contribution in [0, 0.1) is 11.8 Å². The molecule has 0 aliphatic heterocycles. The molecule has 3 N–H and O–H groups in total. The summed E-state index contributed by atoms with van der Waals surface area (Å²) in [6.45, 7) is 4.95. The first-order valence-electron chi connectivity index (χ1n) is 6.75.